The Morgan fingerprint density at radius 1 is 0.533 bits per heavy atom. The van der Waals surface area contributed by atoms with Crippen molar-refractivity contribution in [2.45, 2.75) is 77.2 Å². The molecule has 2 aromatic rings. The Morgan fingerprint density at radius 3 is 1.63 bits per heavy atom. The molecular formula is C26H40N2O2. The molecule has 0 aromatic heterocycles. The van der Waals surface area contributed by atoms with Crippen molar-refractivity contribution >= 4 is 5.69 Å². The first-order valence-electron chi connectivity index (χ1n) is 11.8. The average molecular weight is 413 g/mol. The minimum atomic E-state index is 0.334. The largest absolute Gasteiger partial charge is 0.508 e. The van der Waals surface area contributed by atoms with Crippen LogP contribution >= 0.6 is 0 Å². The van der Waals surface area contributed by atoms with Crippen molar-refractivity contribution in [3.8, 4) is 11.5 Å². The molecule has 2 rings (SSSR count). The summed E-state index contributed by atoms with van der Waals surface area (Å²) < 4.78 is 0. The maximum atomic E-state index is 9.73. The van der Waals surface area contributed by atoms with E-state index in [1.54, 1.807) is 12.1 Å². The van der Waals surface area contributed by atoms with Crippen molar-refractivity contribution in [3.63, 3.8) is 0 Å². The first-order chi connectivity index (χ1) is 14.8. The summed E-state index contributed by atoms with van der Waals surface area (Å²) in [5.74, 6) is 0.718. The molecule has 0 atom stereocenters. The third kappa shape index (κ3) is 10.5. The van der Waals surface area contributed by atoms with Crippen LogP contribution in [0.25, 0.3) is 0 Å². The fraction of sp³-hybridized carbons (Fsp3) is 0.538. The Balaban J connectivity index is 1.29. The first kappa shape index (κ1) is 24.1. The molecule has 0 aliphatic rings. The van der Waals surface area contributed by atoms with E-state index in [4.69, 9.17) is 0 Å². The van der Waals surface area contributed by atoms with E-state index < -0.39 is 0 Å². The number of rotatable bonds is 17. The van der Waals surface area contributed by atoms with Gasteiger partial charge < -0.3 is 20.8 Å². The van der Waals surface area contributed by atoms with Gasteiger partial charge in [0.1, 0.15) is 11.5 Å². The van der Waals surface area contributed by atoms with Gasteiger partial charge in [-0.3, -0.25) is 0 Å². The normalized spacial score (nSPS) is 10.9. The molecule has 0 radical (unpaired) electrons. The lowest BCUT2D eigenvalue weighted by molar-refractivity contribution is 0.463. The van der Waals surface area contributed by atoms with Gasteiger partial charge in [-0.05, 0) is 37.6 Å². The maximum Gasteiger partial charge on any atom is 0.138 e. The molecule has 30 heavy (non-hydrogen) atoms. The van der Waals surface area contributed by atoms with Crippen LogP contribution in [-0.2, 0) is 6.54 Å². The summed E-state index contributed by atoms with van der Waals surface area (Å²) in [5.41, 5.74) is 1.81. The summed E-state index contributed by atoms with van der Waals surface area (Å²) in [6.07, 6.45) is 14.3. The van der Waals surface area contributed by atoms with E-state index in [0.29, 0.717) is 11.5 Å². The minimum absolute atomic E-state index is 0.334. The average Bonchev–Trinajstić information content (AvgIpc) is 2.76. The van der Waals surface area contributed by atoms with Crippen LogP contribution in [0, 0.1) is 0 Å². The molecule has 4 heteroatoms. The Kier molecular flexibility index (Phi) is 12.5. The number of anilines is 1. The SMILES string of the molecule is Oc1ccccc1CNCCCCCCCCCCCCCNc1ccccc1O. The van der Waals surface area contributed by atoms with Crippen molar-refractivity contribution in [2.75, 3.05) is 18.4 Å². The van der Waals surface area contributed by atoms with E-state index in [9.17, 15) is 10.2 Å². The molecule has 166 valence electrons. The van der Waals surface area contributed by atoms with Gasteiger partial charge in [0, 0.05) is 18.7 Å². The van der Waals surface area contributed by atoms with Gasteiger partial charge in [-0.15, -0.1) is 0 Å². The number of phenolic OH excluding ortho intramolecular Hbond substituents is 2. The predicted octanol–water partition coefficient (Wildman–Crippen LogP) is 6.59. The lowest BCUT2D eigenvalue weighted by Crippen LogP contribution is -2.14. The van der Waals surface area contributed by atoms with Crippen LogP contribution in [0.15, 0.2) is 48.5 Å². The monoisotopic (exact) mass is 412 g/mol. The van der Waals surface area contributed by atoms with E-state index >= 15 is 0 Å². The number of phenols is 2. The van der Waals surface area contributed by atoms with Gasteiger partial charge in [0.2, 0.25) is 0 Å². The second-order valence-corrected chi connectivity index (χ2v) is 8.14. The van der Waals surface area contributed by atoms with E-state index in [1.807, 2.05) is 36.4 Å². The van der Waals surface area contributed by atoms with Crippen LogP contribution in [0.2, 0.25) is 0 Å². The maximum absolute atomic E-state index is 9.73. The third-order valence-electron chi connectivity index (χ3n) is 5.56. The summed E-state index contributed by atoms with van der Waals surface area (Å²) >= 11 is 0. The van der Waals surface area contributed by atoms with Crippen LogP contribution < -0.4 is 10.6 Å². The Bertz CT molecular complexity index is 631. The van der Waals surface area contributed by atoms with Crippen molar-refractivity contribution in [2.24, 2.45) is 0 Å². The predicted molar refractivity (Wildman–Crippen MR) is 127 cm³/mol. The number of nitrogens with one attached hydrogen (secondary N) is 2. The highest BCUT2D eigenvalue weighted by Crippen LogP contribution is 2.21. The summed E-state index contributed by atoms with van der Waals surface area (Å²) in [5, 5.41) is 26.1. The molecule has 0 amide bonds. The Labute approximate surface area is 182 Å². The summed E-state index contributed by atoms with van der Waals surface area (Å²) in [7, 11) is 0. The van der Waals surface area contributed by atoms with Gasteiger partial charge in [0.05, 0.1) is 5.69 Å². The standard InChI is InChI=1S/C26H40N2O2/c29-25-18-12-10-16-23(25)22-27-20-14-8-6-4-2-1-3-5-7-9-15-21-28-24-17-11-13-19-26(24)30/h10-13,16-19,27-30H,1-9,14-15,20-22H2. The lowest BCUT2D eigenvalue weighted by atomic mass is 10.1. The van der Waals surface area contributed by atoms with Gasteiger partial charge in [0.15, 0.2) is 0 Å². The number of hydrogen-bond acceptors (Lipinski definition) is 4. The second-order valence-electron chi connectivity index (χ2n) is 8.14. The molecule has 0 spiro atoms. The highest BCUT2D eigenvalue weighted by Gasteiger charge is 1.99. The third-order valence-corrected chi connectivity index (χ3v) is 5.56. The minimum Gasteiger partial charge on any atom is -0.508 e. The van der Waals surface area contributed by atoms with Gasteiger partial charge in [-0.2, -0.15) is 0 Å². The fourth-order valence-corrected chi connectivity index (χ4v) is 3.70. The quantitative estimate of drug-likeness (QED) is 0.175. The van der Waals surface area contributed by atoms with E-state index in [0.717, 1.165) is 37.3 Å². The number of para-hydroxylation sites is 3. The van der Waals surface area contributed by atoms with Crippen molar-refractivity contribution in [1.29, 1.82) is 0 Å². The summed E-state index contributed by atoms with van der Waals surface area (Å²) in [6.45, 7) is 2.70. The number of aromatic hydroxyl groups is 2. The topological polar surface area (TPSA) is 64.5 Å². The second kappa shape index (κ2) is 15.6. The van der Waals surface area contributed by atoms with Crippen LogP contribution in [-0.4, -0.2) is 23.3 Å². The van der Waals surface area contributed by atoms with Crippen LogP contribution in [0.4, 0.5) is 5.69 Å². The van der Waals surface area contributed by atoms with E-state index in [-0.39, 0.29) is 0 Å². The Hall–Kier alpha value is -2.20. The van der Waals surface area contributed by atoms with E-state index in [1.165, 1.54) is 64.2 Å². The number of hydrogen-bond donors (Lipinski definition) is 4. The van der Waals surface area contributed by atoms with Gasteiger partial charge in [-0.25, -0.2) is 0 Å². The molecule has 0 unspecified atom stereocenters. The lowest BCUT2D eigenvalue weighted by Gasteiger charge is -2.08. The molecule has 0 saturated heterocycles. The molecule has 0 heterocycles. The van der Waals surface area contributed by atoms with Crippen molar-refractivity contribution in [1.82, 2.24) is 5.32 Å². The summed E-state index contributed by atoms with van der Waals surface area (Å²) in [6, 6.07) is 15.0. The molecule has 0 aliphatic carbocycles. The number of unbranched alkanes of at least 4 members (excludes halogenated alkanes) is 10. The fourth-order valence-electron chi connectivity index (χ4n) is 3.70. The molecule has 0 aliphatic heterocycles. The molecule has 4 N–H and O–H groups in total. The van der Waals surface area contributed by atoms with Gasteiger partial charge >= 0.3 is 0 Å². The molecule has 0 bridgehead atoms. The molecule has 0 saturated carbocycles. The number of benzene rings is 2. The van der Waals surface area contributed by atoms with Gasteiger partial charge in [-0.1, -0.05) is 88.1 Å². The van der Waals surface area contributed by atoms with Crippen molar-refractivity contribution in [3.05, 3.63) is 54.1 Å². The summed E-state index contributed by atoms with van der Waals surface area (Å²) in [4.78, 5) is 0. The van der Waals surface area contributed by atoms with Crippen LogP contribution in [0.3, 0.4) is 0 Å². The van der Waals surface area contributed by atoms with Crippen LogP contribution in [0.1, 0.15) is 76.2 Å². The highest BCUT2D eigenvalue weighted by atomic mass is 16.3. The zero-order chi connectivity index (χ0) is 21.3. The first-order valence-corrected chi connectivity index (χ1v) is 11.8. The van der Waals surface area contributed by atoms with Gasteiger partial charge in [0.25, 0.3) is 0 Å². The molecular weight excluding hydrogens is 372 g/mol. The zero-order valence-electron chi connectivity index (χ0n) is 18.4. The van der Waals surface area contributed by atoms with Crippen molar-refractivity contribution < 1.29 is 10.2 Å². The smallest absolute Gasteiger partial charge is 0.138 e. The van der Waals surface area contributed by atoms with Crippen LogP contribution in [0.5, 0.6) is 11.5 Å². The molecule has 0 fully saturated rings. The zero-order valence-corrected chi connectivity index (χ0v) is 18.4. The molecule has 2 aromatic carbocycles. The van der Waals surface area contributed by atoms with E-state index in [2.05, 4.69) is 10.6 Å². The molecule has 4 nitrogen and oxygen atoms in total. The Morgan fingerprint density at radius 2 is 1.03 bits per heavy atom. The highest BCUT2D eigenvalue weighted by molar-refractivity contribution is 5.55.